The standard InChI is InChI=1S/C11H17NS/c1-7-6-10(13-8(7)2)11(12-3)9-4-5-9/h6,9,11-12H,4-5H2,1-3H3. The molecule has 1 aliphatic rings. The first-order chi connectivity index (χ1) is 6.22. The predicted octanol–water partition coefficient (Wildman–Crippen LogP) is 3.04. The normalized spacial score (nSPS) is 19.0. The van der Waals surface area contributed by atoms with Crippen molar-refractivity contribution in [1.29, 1.82) is 0 Å². The molecule has 1 fully saturated rings. The number of hydrogen-bond acceptors (Lipinski definition) is 2. The van der Waals surface area contributed by atoms with Crippen molar-refractivity contribution >= 4 is 11.3 Å². The van der Waals surface area contributed by atoms with Gasteiger partial charge in [-0.2, -0.15) is 0 Å². The van der Waals surface area contributed by atoms with Crippen LogP contribution in [0.5, 0.6) is 0 Å². The third kappa shape index (κ3) is 1.79. The number of thiophene rings is 1. The summed E-state index contributed by atoms with van der Waals surface area (Å²) in [6, 6.07) is 2.97. The van der Waals surface area contributed by atoms with Gasteiger partial charge in [-0.1, -0.05) is 0 Å². The van der Waals surface area contributed by atoms with Gasteiger partial charge in [-0.3, -0.25) is 0 Å². The number of rotatable bonds is 3. The largest absolute Gasteiger partial charge is 0.312 e. The lowest BCUT2D eigenvalue weighted by molar-refractivity contribution is 0.537. The van der Waals surface area contributed by atoms with Crippen LogP contribution in [0.25, 0.3) is 0 Å². The Morgan fingerprint density at radius 2 is 2.15 bits per heavy atom. The van der Waals surface area contributed by atoms with E-state index in [0.717, 1.165) is 5.92 Å². The van der Waals surface area contributed by atoms with Crippen molar-refractivity contribution in [1.82, 2.24) is 5.32 Å². The summed E-state index contributed by atoms with van der Waals surface area (Å²) in [5, 5.41) is 3.43. The summed E-state index contributed by atoms with van der Waals surface area (Å²) in [7, 11) is 2.08. The molecule has 2 heteroatoms. The minimum absolute atomic E-state index is 0.623. The smallest absolute Gasteiger partial charge is 0.0441 e. The third-order valence-electron chi connectivity index (χ3n) is 2.90. The number of aryl methyl sites for hydroxylation is 2. The van der Waals surface area contributed by atoms with Gasteiger partial charge in [0.05, 0.1) is 0 Å². The van der Waals surface area contributed by atoms with Gasteiger partial charge in [-0.25, -0.2) is 0 Å². The molecule has 1 aromatic rings. The highest BCUT2D eigenvalue weighted by molar-refractivity contribution is 7.12. The van der Waals surface area contributed by atoms with Crippen LogP contribution in [0.2, 0.25) is 0 Å². The molecule has 2 rings (SSSR count). The van der Waals surface area contributed by atoms with Gasteiger partial charge >= 0.3 is 0 Å². The van der Waals surface area contributed by atoms with E-state index < -0.39 is 0 Å². The highest BCUT2D eigenvalue weighted by Gasteiger charge is 2.32. The van der Waals surface area contributed by atoms with Crippen LogP contribution < -0.4 is 5.32 Å². The molecule has 72 valence electrons. The molecule has 0 spiro atoms. The van der Waals surface area contributed by atoms with E-state index in [1.165, 1.54) is 28.2 Å². The summed E-state index contributed by atoms with van der Waals surface area (Å²) in [6.07, 6.45) is 2.81. The first-order valence-electron chi connectivity index (χ1n) is 4.96. The second-order valence-corrected chi connectivity index (χ2v) is 5.28. The molecule has 1 atom stereocenters. The maximum absolute atomic E-state index is 3.43. The van der Waals surface area contributed by atoms with Crippen molar-refractivity contribution in [3.8, 4) is 0 Å². The molecule has 13 heavy (non-hydrogen) atoms. The fourth-order valence-electron chi connectivity index (χ4n) is 1.79. The van der Waals surface area contributed by atoms with Gasteiger partial charge in [0.25, 0.3) is 0 Å². The Labute approximate surface area is 84.2 Å². The van der Waals surface area contributed by atoms with E-state index in [1.807, 2.05) is 11.3 Å². The number of nitrogens with one attached hydrogen (secondary N) is 1. The summed E-state index contributed by atoms with van der Waals surface area (Å²) >= 11 is 1.95. The molecule has 0 saturated heterocycles. The maximum Gasteiger partial charge on any atom is 0.0441 e. The zero-order valence-corrected chi connectivity index (χ0v) is 9.37. The molecule has 1 aromatic heterocycles. The highest BCUT2D eigenvalue weighted by atomic mass is 32.1. The molecule has 1 aliphatic carbocycles. The van der Waals surface area contributed by atoms with E-state index in [9.17, 15) is 0 Å². The Bertz CT molecular complexity index is 280. The van der Waals surface area contributed by atoms with Crippen molar-refractivity contribution in [2.24, 2.45) is 5.92 Å². The van der Waals surface area contributed by atoms with Crippen LogP contribution in [-0.4, -0.2) is 7.05 Å². The van der Waals surface area contributed by atoms with Crippen LogP contribution in [-0.2, 0) is 0 Å². The summed E-state index contributed by atoms with van der Waals surface area (Å²) in [6.45, 7) is 4.41. The maximum atomic E-state index is 3.43. The van der Waals surface area contributed by atoms with Crippen molar-refractivity contribution in [2.45, 2.75) is 32.7 Å². The molecule has 1 heterocycles. The lowest BCUT2D eigenvalue weighted by atomic mass is 10.1. The Morgan fingerprint density at radius 3 is 2.54 bits per heavy atom. The SMILES string of the molecule is CNC(c1cc(C)c(C)s1)C1CC1. The second-order valence-electron chi connectivity index (χ2n) is 3.99. The Balaban J connectivity index is 2.21. The predicted molar refractivity (Wildman–Crippen MR) is 58.3 cm³/mol. The van der Waals surface area contributed by atoms with Gasteiger partial charge in [0, 0.05) is 15.8 Å². The van der Waals surface area contributed by atoms with E-state index >= 15 is 0 Å². The summed E-state index contributed by atoms with van der Waals surface area (Å²) in [5.74, 6) is 0.905. The quantitative estimate of drug-likeness (QED) is 0.781. The van der Waals surface area contributed by atoms with Gasteiger partial charge in [-0.05, 0) is 51.3 Å². The van der Waals surface area contributed by atoms with Crippen LogP contribution in [0.4, 0.5) is 0 Å². The molecular formula is C11H17NS. The Kier molecular flexibility index (Phi) is 2.43. The van der Waals surface area contributed by atoms with Crippen LogP contribution in [0.3, 0.4) is 0 Å². The van der Waals surface area contributed by atoms with Crippen molar-refractivity contribution in [2.75, 3.05) is 7.05 Å². The summed E-state index contributed by atoms with van der Waals surface area (Å²) in [4.78, 5) is 3.00. The highest BCUT2D eigenvalue weighted by Crippen LogP contribution is 2.43. The lowest BCUT2D eigenvalue weighted by Gasteiger charge is -2.12. The molecule has 0 radical (unpaired) electrons. The van der Waals surface area contributed by atoms with Gasteiger partial charge < -0.3 is 5.32 Å². The Hall–Kier alpha value is -0.340. The van der Waals surface area contributed by atoms with Crippen molar-refractivity contribution < 1.29 is 0 Å². The summed E-state index contributed by atoms with van der Waals surface area (Å²) < 4.78 is 0. The van der Waals surface area contributed by atoms with Crippen molar-refractivity contribution in [3.05, 3.63) is 21.4 Å². The van der Waals surface area contributed by atoms with E-state index in [1.54, 1.807) is 0 Å². The van der Waals surface area contributed by atoms with Gasteiger partial charge in [-0.15, -0.1) is 11.3 Å². The molecule has 0 aliphatic heterocycles. The van der Waals surface area contributed by atoms with E-state index in [4.69, 9.17) is 0 Å². The minimum atomic E-state index is 0.623. The van der Waals surface area contributed by atoms with E-state index in [2.05, 4.69) is 32.3 Å². The third-order valence-corrected chi connectivity index (χ3v) is 4.13. The van der Waals surface area contributed by atoms with Crippen molar-refractivity contribution in [3.63, 3.8) is 0 Å². The van der Waals surface area contributed by atoms with Crippen LogP contribution in [0, 0.1) is 19.8 Å². The van der Waals surface area contributed by atoms with Gasteiger partial charge in [0.1, 0.15) is 0 Å². The first kappa shape index (κ1) is 9.22. The molecule has 0 bridgehead atoms. The van der Waals surface area contributed by atoms with E-state index in [-0.39, 0.29) is 0 Å². The monoisotopic (exact) mass is 195 g/mol. The average Bonchev–Trinajstić information content (AvgIpc) is 2.84. The second kappa shape index (κ2) is 3.43. The fourth-order valence-corrected chi connectivity index (χ4v) is 3.04. The molecule has 0 aromatic carbocycles. The molecule has 1 unspecified atom stereocenters. The Morgan fingerprint density at radius 1 is 1.46 bits per heavy atom. The molecule has 1 nitrogen and oxygen atoms in total. The van der Waals surface area contributed by atoms with Crippen LogP contribution >= 0.6 is 11.3 Å². The molecular weight excluding hydrogens is 178 g/mol. The molecule has 0 amide bonds. The average molecular weight is 195 g/mol. The fraction of sp³-hybridized carbons (Fsp3) is 0.636. The summed E-state index contributed by atoms with van der Waals surface area (Å²) in [5.41, 5.74) is 1.45. The zero-order valence-electron chi connectivity index (χ0n) is 8.55. The van der Waals surface area contributed by atoms with Gasteiger partial charge in [0.15, 0.2) is 0 Å². The lowest BCUT2D eigenvalue weighted by Crippen LogP contribution is -2.16. The number of hydrogen-bond donors (Lipinski definition) is 1. The van der Waals surface area contributed by atoms with Gasteiger partial charge in [0.2, 0.25) is 0 Å². The van der Waals surface area contributed by atoms with Crippen LogP contribution in [0.15, 0.2) is 6.07 Å². The van der Waals surface area contributed by atoms with Crippen LogP contribution in [0.1, 0.15) is 34.2 Å². The zero-order chi connectivity index (χ0) is 9.42. The topological polar surface area (TPSA) is 12.0 Å². The first-order valence-corrected chi connectivity index (χ1v) is 5.78. The molecule has 1 N–H and O–H groups in total. The van der Waals surface area contributed by atoms with E-state index in [0.29, 0.717) is 6.04 Å². The minimum Gasteiger partial charge on any atom is -0.312 e. The molecule has 1 saturated carbocycles.